The Labute approximate surface area is 132 Å². The summed E-state index contributed by atoms with van der Waals surface area (Å²) < 4.78 is 1.44. The molecule has 0 spiro atoms. The summed E-state index contributed by atoms with van der Waals surface area (Å²) in [6, 6.07) is 6.27. The van der Waals surface area contributed by atoms with Crippen LogP contribution in [0.3, 0.4) is 0 Å². The molecule has 2 aromatic rings. The molecule has 8 nitrogen and oxygen atoms in total. The fraction of sp³-hybridized carbons (Fsp3) is 0.400. The van der Waals surface area contributed by atoms with Gasteiger partial charge in [-0.15, -0.1) is 5.10 Å². The number of carbonyl (C=O) groups is 1. The first kappa shape index (κ1) is 15.1. The third kappa shape index (κ3) is 3.05. The maximum atomic E-state index is 12.3. The summed E-state index contributed by atoms with van der Waals surface area (Å²) >= 11 is 0. The summed E-state index contributed by atoms with van der Waals surface area (Å²) in [5.74, 6) is -0.244. The summed E-state index contributed by atoms with van der Waals surface area (Å²) in [7, 11) is 0. The lowest BCUT2D eigenvalue weighted by Crippen LogP contribution is -2.33. The minimum Gasteiger partial charge on any atom is -0.348 e. The fourth-order valence-corrected chi connectivity index (χ4v) is 2.85. The average Bonchev–Trinajstić information content (AvgIpc) is 3.17. The number of non-ortho nitro benzene ring substituents is 1. The van der Waals surface area contributed by atoms with Crippen LogP contribution in [0.5, 0.6) is 0 Å². The van der Waals surface area contributed by atoms with Crippen molar-refractivity contribution in [3.8, 4) is 5.69 Å². The molecule has 0 bridgehead atoms. The number of aromatic nitrogens is 3. The van der Waals surface area contributed by atoms with Crippen LogP contribution in [0.25, 0.3) is 5.69 Å². The smallest absolute Gasteiger partial charge is 0.273 e. The number of hydrogen-bond acceptors (Lipinski definition) is 5. The Hall–Kier alpha value is -2.77. The molecule has 1 heterocycles. The number of rotatable bonds is 4. The molecule has 0 unspecified atom stereocenters. The summed E-state index contributed by atoms with van der Waals surface area (Å²) in [4.78, 5) is 22.7. The maximum Gasteiger partial charge on any atom is 0.273 e. The molecule has 0 saturated heterocycles. The van der Waals surface area contributed by atoms with Crippen molar-refractivity contribution in [3.05, 3.63) is 45.8 Å². The van der Waals surface area contributed by atoms with Gasteiger partial charge in [-0.05, 0) is 25.8 Å². The lowest BCUT2D eigenvalue weighted by molar-refractivity contribution is -0.384. The Morgan fingerprint density at radius 1 is 1.39 bits per heavy atom. The average molecular weight is 315 g/mol. The molecular weight excluding hydrogens is 298 g/mol. The summed E-state index contributed by atoms with van der Waals surface area (Å²) in [6.45, 7) is 1.72. The van der Waals surface area contributed by atoms with Gasteiger partial charge >= 0.3 is 0 Å². The maximum absolute atomic E-state index is 12.3. The van der Waals surface area contributed by atoms with Gasteiger partial charge in [-0.1, -0.05) is 24.1 Å². The molecule has 1 aromatic heterocycles. The highest BCUT2D eigenvalue weighted by molar-refractivity contribution is 5.93. The number of nitrogens with one attached hydrogen (secondary N) is 1. The highest BCUT2D eigenvalue weighted by atomic mass is 16.6. The van der Waals surface area contributed by atoms with Gasteiger partial charge in [0.05, 0.1) is 16.3 Å². The number of benzene rings is 1. The molecule has 1 aliphatic carbocycles. The summed E-state index contributed by atoms with van der Waals surface area (Å²) in [5.41, 5.74) is 1.28. The van der Waals surface area contributed by atoms with E-state index in [1.54, 1.807) is 19.1 Å². The Kier molecular flexibility index (Phi) is 4.05. The molecule has 3 rings (SSSR count). The number of hydrogen-bond donors (Lipinski definition) is 1. The van der Waals surface area contributed by atoms with E-state index in [0.717, 1.165) is 25.7 Å². The van der Waals surface area contributed by atoms with Crippen LogP contribution in [-0.4, -0.2) is 31.9 Å². The van der Waals surface area contributed by atoms with E-state index in [4.69, 9.17) is 0 Å². The predicted octanol–water partition coefficient (Wildman–Crippen LogP) is 2.16. The second-order valence-corrected chi connectivity index (χ2v) is 5.67. The quantitative estimate of drug-likeness (QED) is 0.688. The molecule has 23 heavy (non-hydrogen) atoms. The van der Waals surface area contributed by atoms with E-state index in [-0.39, 0.29) is 23.3 Å². The van der Waals surface area contributed by atoms with E-state index < -0.39 is 4.92 Å². The highest BCUT2D eigenvalue weighted by Crippen LogP contribution is 2.20. The monoisotopic (exact) mass is 315 g/mol. The van der Waals surface area contributed by atoms with Crippen molar-refractivity contribution >= 4 is 11.6 Å². The first-order valence-corrected chi connectivity index (χ1v) is 7.54. The van der Waals surface area contributed by atoms with Crippen LogP contribution in [0.4, 0.5) is 5.69 Å². The van der Waals surface area contributed by atoms with Gasteiger partial charge in [0.15, 0.2) is 5.69 Å². The zero-order chi connectivity index (χ0) is 16.4. The van der Waals surface area contributed by atoms with E-state index in [1.165, 1.54) is 16.8 Å². The Morgan fingerprint density at radius 3 is 2.83 bits per heavy atom. The molecule has 1 aromatic carbocycles. The Morgan fingerprint density at radius 2 is 2.13 bits per heavy atom. The fourth-order valence-electron chi connectivity index (χ4n) is 2.85. The van der Waals surface area contributed by atoms with Crippen molar-refractivity contribution in [2.75, 3.05) is 0 Å². The highest BCUT2D eigenvalue weighted by Gasteiger charge is 2.22. The molecule has 1 amide bonds. The van der Waals surface area contributed by atoms with Gasteiger partial charge in [0.2, 0.25) is 0 Å². The standard InChI is InChI=1S/C15H17N5O3/c1-10-14(15(21)16-11-5-2-3-6-11)17-18-19(10)12-7-4-8-13(9-12)20(22)23/h4,7-9,11H,2-3,5-6H2,1H3,(H,16,21). The van der Waals surface area contributed by atoms with E-state index in [2.05, 4.69) is 15.6 Å². The third-order valence-corrected chi connectivity index (χ3v) is 4.09. The zero-order valence-corrected chi connectivity index (χ0v) is 12.7. The zero-order valence-electron chi connectivity index (χ0n) is 12.7. The minimum atomic E-state index is -0.469. The van der Waals surface area contributed by atoms with Crippen LogP contribution >= 0.6 is 0 Å². The lowest BCUT2D eigenvalue weighted by atomic mass is 10.2. The number of carbonyl (C=O) groups excluding carboxylic acids is 1. The van der Waals surface area contributed by atoms with Crippen LogP contribution in [0, 0.1) is 17.0 Å². The van der Waals surface area contributed by atoms with Crippen molar-refractivity contribution in [2.45, 2.75) is 38.6 Å². The van der Waals surface area contributed by atoms with Gasteiger partial charge in [0, 0.05) is 18.2 Å². The third-order valence-electron chi connectivity index (χ3n) is 4.09. The molecule has 0 aliphatic heterocycles. The first-order valence-electron chi connectivity index (χ1n) is 7.54. The van der Waals surface area contributed by atoms with Gasteiger partial charge < -0.3 is 5.32 Å². The second-order valence-electron chi connectivity index (χ2n) is 5.67. The number of nitro groups is 1. The van der Waals surface area contributed by atoms with Crippen molar-refractivity contribution < 1.29 is 9.72 Å². The van der Waals surface area contributed by atoms with Crippen LogP contribution in [0.2, 0.25) is 0 Å². The van der Waals surface area contributed by atoms with Gasteiger partial charge in [-0.2, -0.15) is 0 Å². The molecule has 120 valence electrons. The van der Waals surface area contributed by atoms with Crippen molar-refractivity contribution in [1.29, 1.82) is 0 Å². The molecule has 0 radical (unpaired) electrons. The van der Waals surface area contributed by atoms with E-state index in [0.29, 0.717) is 11.4 Å². The van der Waals surface area contributed by atoms with E-state index in [9.17, 15) is 14.9 Å². The largest absolute Gasteiger partial charge is 0.348 e. The van der Waals surface area contributed by atoms with Crippen LogP contribution in [0.1, 0.15) is 41.9 Å². The van der Waals surface area contributed by atoms with E-state index in [1.807, 2.05) is 0 Å². The van der Waals surface area contributed by atoms with Gasteiger partial charge in [0.1, 0.15) is 0 Å². The molecule has 1 aliphatic rings. The van der Waals surface area contributed by atoms with E-state index >= 15 is 0 Å². The molecular formula is C15H17N5O3. The second kappa shape index (κ2) is 6.15. The van der Waals surface area contributed by atoms with Gasteiger partial charge in [0.25, 0.3) is 11.6 Å². The summed E-state index contributed by atoms with van der Waals surface area (Å²) in [5, 5.41) is 21.7. The van der Waals surface area contributed by atoms with Crippen molar-refractivity contribution in [1.82, 2.24) is 20.3 Å². The first-order chi connectivity index (χ1) is 11.1. The molecule has 1 saturated carbocycles. The Balaban J connectivity index is 1.85. The predicted molar refractivity (Wildman–Crippen MR) is 82.5 cm³/mol. The van der Waals surface area contributed by atoms with Crippen molar-refractivity contribution in [3.63, 3.8) is 0 Å². The SMILES string of the molecule is Cc1c(C(=O)NC2CCCC2)nnn1-c1cccc([N+](=O)[O-])c1. The minimum absolute atomic E-state index is 0.0330. The molecule has 8 heteroatoms. The number of nitro benzene ring substituents is 1. The Bertz CT molecular complexity index is 749. The lowest BCUT2D eigenvalue weighted by Gasteiger charge is -2.10. The number of nitrogens with zero attached hydrogens (tertiary/aromatic N) is 4. The normalized spacial score (nSPS) is 14.8. The van der Waals surface area contributed by atoms with Gasteiger partial charge in [-0.25, -0.2) is 4.68 Å². The van der Waals surface area contributed by atoms with Crippen molar-refractivity contribution in [2.24, 2.45) is 0 Å². The van der Waals surface area contributed by atoms with Crippen LogP contribution < -0.4 is 5.32 Å². The summed E-state index contributed by atoms with van der Waals surface area (Å²) in [6.07, 6.45) is 4.24. The molecule has 0 atom stereocenters. The van der Waals surface area contributed by atoms with Crippen LogP contribution in [0.15, 0.2) is 24.3 Å². The van der Waals surface area contributed by atoms with Gasteiger partial charge in [-0.3, -0.25) is 14.9 Å². The molecule has 1 fully saturated rings. The topological polar surface area (TPSA) is 103 Å². The number of amides is 1. The molecule has 1 N–H and O–H groups in total. The van der Waals surface area contributed by atoms with Crippen LogP contribution in [-0.2, 0) is 0 Å².